The molecule has 1 N–H and O–H groups in total. The summed E-state index contributed by atoms with van der Waals surface area (Å²) in [6, 6.07) is 7.54. The molecule has 1 aromatic carbocycles. The van der Waals surface area contributed by atoms with E-state index >= 15 is 0 Å². The Labute approximate surface area is 106 Å². The van der Waals surface area contributed by atoms with Crippen LogP contribution in [0.3, 0.4) is 0 Å². The molecule has 88 valence electrons. The van der Waals surface area contributed by atoms with Crippen LogP contribution in [0.2, 0.25) is 10.0 Å². The third kappa shape index (κ3) is 2.54. The van der Waals surface area contributed by atoms with Gasteiger partial charge in [-0.05, 0) is 18.2 Å². The zero-order valence-corrected chi connectivity index (χ0v) is 9.83. The number of carboxylic acids is 1. The Morgan fingerprint density at radius 2 is 2.00 bits per heavy atom. The van der Waals surface area contributed by atoms with Gasteiger partial charge < -0.3 is 14.3 Å². The van der Waals surface area contributed by atoms with Gasteiger partial charge in [0.05, 0.1) is 5.02 Å². The molecular weight excluding hydrogens is 267 g/mol. The van der Waals surface area contributed by atoms with Crippen LogP contribution in [0, 0.1) is 0 Å². The molecule has 1 aromatic heterocycles. The van der Waals surface area contributed by atoms with Gasteiger partial charge in [0.1, 0.15) is 5.02 Å². The summed E-state index contributed by atoms with van der Waals surface area (Å²) in [6.07, 6.45) is 0. The Bertz CT molecular complexity index is 562. The number of hydrogen-bond donors (Lipinski definition) is 1. The zero-order valence-electron chi connectivity index (χ0n) is 8.31. The van der Waals surface area contributed by atoms with Crippen LogP contribution in [0.25, 0.3) is 0 Å². The number of carboxylic acid groups (broad SMARTS) is 1. The fourth-order valence-corrected chi connectivity index (χ4v) is 1.49. The van der Waals surface area contributed by atoms with E-state index in [0.717, 1.165) is 0 Å². The van der Waals surface area contributed by atoms with Gasteiger partial charge in [0.2, 0.25) is 5.76 Å². The van der Waals surface area contributed by atoms with Crippen molar-refractivity contribution in [3.63, 3.8) is 0 Å². The summed E-state index contributed by atoms with van der Waals surface area (Å²) in [7, 11) is 0. The molecule has 0 spiro atoms. The van der Waals surface area contributed by atoms with Gasteiger partial charge in [-0.15, -0.1) is 0 Å². The van der Waals surface area contributed by atoms with Crippen molar-refractivity contribution in [2.45, 2.75) is 0 Å². The van der Waals surface area contributed by atoms with Crippen molar-refractivity contribution in [2.24, 2.45) is 0 Å². The summed E-state index contributed by atoms with van der Waals surface area (Å²) in [5.41, 5.74) is 0. The van der Waals surface area contributed by atoms with Gasteiger partial charge in [-0.3, -0.25) is 0 Å². The smallest absolute Gasteiger partial charge is 0.371 e. The van der Waals surface area contributed by atoms with Crippen molar-refractivity contribution >= 4 is 29.2 Å². The monoisotopic (exact) mass is 272 g/mol. The molecule has 0 amide bonds. The largest absolute Gasteiger partial charge is 0.475 e. The van der Waals surface area contributed by atoms with E-state index in [1.54, 1.807) is 18.2 Å². The first kappa shape index (κ1) is 11.8. The lowest BCUT2D eigenvalue weighted by molar-refractivity contribution is 0.0657. The minimum Gasteiger partial charge on any atom is -0.475 e. The number of rotatable bonds is 3. The highest BCUT2D eigenvalue weighted by Gasteiger charge is 2.12. The lowest BCUT2D eigenvalue weighted by atomic mass is 10.3. The molecule has 4 nitrogen and oxygen atoms in total. The molecule has 0 aliphatic rings. The molecule has 0 unspecified atom stereocenters. The van der Waals surface area contributed by atoms with Gasteiger partial charge in [0, 0.05) is 6.07 Å². The Hall–Kier alpha value is -1.65. The van der Waals surface area contributed by atoms with E-state index < -0.39 is 5.97 Å². The Balaban J connectivity index is 2.25. The molecule has 2 rings (SSSR count). The SMILES string of the molecule is O=C(O)c1ccc(Oc2cccc(Cl)c2Cl)o1. The molecule has 0 atom stereocenters. The number of carbonyl (C=O) groups is 1. The topological polar surface area (TPSA) is 59.7 Å². The van der Waals surface area contributed by atoms with E-state index in [-0.39, 0.29) is 16.7 Å². The molecule has 0 radical (unpaired) electrons. The average molecular weight is 273 g/mol. The quantitative estimate of drug-likeness (QED) is 0.915. The van der Waals surface area contributed by atoms with Crippen LogP contribution in [0.5, 0.6) is 11.7 Å². The molecule has 0 bridgehead atoms. The standard InChI is InChI=1S/C11H6Cl2O4/c12-6-2-1-3-7(10(6)13)16-9-5-4-8(17-9)11(14)15/h1-5H,(H,14,15). The molecule has 6 heteroatoms. The van der Waals surface area contributed by atoms with Crippen LogP contribution in [0.1, 0.15) is 10.6 Å². The summed E-state index contributed by atoms with van der Waals surface area (Å²) >= 11 is 11.7. The van der Waals surface area contributed by atoms with Crippen LogP contribution in [0.15, 0.2) is 34.7 Å². The normalized spacial score (nSPS) is 10.2. The number of furan rings is 1. The average Bonchev–Trinajstić information content (AvgIpc) is 2.73. The molecule has 0 fully saturated rings. The maximum absolute atomic E-state index is 10.6. The minimum atomic E-state index is -1.17. The van der Waals surface area contributed by atoms with Crippen molar-refractivity contribution in [1.82, 2.24) is 0 Å². The molecule has 0 aliphatic carbocycles. The summed E-state index contributed by atoms with van der Waals surface area (Å²) in [5.74, 6) is -1.05. The van der Waals surface area contributed by atoms with E-state index in [0.29, 0.717) is 10.8 Å². The van der Waals surface area contributed by atoms with Gasteiger partial charge >= 0.3 is 5.97 Å². The highest BCUT2D eigenvalue weighted by molar-refractivity contribution is 6.42. The van der Waals surface area contributed by atoms with Crippen LogP contribution < -0.4 is 4.74 Å². The van der Waals surface area contributed by atoms with E-state index in [1.165, 1.54) is 12.1 Å². The second-order valence-electron chi connectivity index (χ2n) is 3.08. The van der Waals surface area contributed by atoms with Gasteiger partial charge in [0.15, 0.2) is 5.75 Å². The number of benzene rings is 1. The molecule has 17 heavy (non-hydrogen) atoms. The van der Waals surface area contributed by atoms with Gasteiger partial charge in [-0.1, -0.05) is 29.3 Å². The van der Waals surface area contributed by atoms with E-state index in [9.17, 15) is 4.79 Å². The molecule has 0 saturated carbocycles. The van der Waals surface area contributed by atoms with Crippen molar-refractivity contribution in [3.05, 3.63) is 46.1 Å². The third-order valence-corrected chi connectivity index (χ3v) is 2.72. The predicted octanol–water partition coefficient (Wildman–Crippen LogP) is 4.08. The number of ether oxygens (including phenoxy) is 1. The summed E-state index contributed by atoms with van der Waals surface area (Å²) in [5, 5.41) is 9.25. The molecular formula is C11H6Cl2O4. The van der Waals surface area contributed by atoms with Crippen molar-refractivity contribution in [2.75, 3.05) is 0 Å². The lowest BCUT2D eigenvalue weighted by Gasteiger charge is -2.04. The van der Waals surface area contributed by atoms with Crippen LogP contribution in [-0.4, -0.2) is 11.1 Å². The van der Waals surface area contributed by atoms with Crippen molar-refractivity contribution in [3.8, 4) is 11.7 Å². The van der Waals surface area contributed by atoms with Gasteiger partial charge in [-0.25, -0.2) is 4.79 Å². The predicted molar refractivity (Wildman–Crippen MR) is 62.2 cm³/mol. The third-order valence-electron chi connectivity index (χ3n) is 1.92. The molecule has 0 aliphatic heterocycles. The first-order chi connectivity index (χ1) is 8.08. The van der Waals surface area contributed by atoms with Crippen LogP contribution in [0.4, 0.5) is 0 Å². The summed E-state index contributed by atoms with van der Waals surface area (Å²) in [6.45, 7) is 0. The minimum absolute atomic E-state index is 0.0339. The second kappa shape index (κ2) is 4.69. The van der Waals surface area contributed by atoms with Crippen LogP contribution >= 0.6 is 23.2 Å². The van der Waals surface area contributed by atoms with Crippen LogP contribution in [-0.2, 0) is 0 Å². The molecule has 0 saturated heterocycles. The summed E-state index contributed by atoms with van der Waals surface area (Å²) < 4.78 is 10.2. The van der Waals surface area contributed by atoms with E-state index in [4.69, 9.17) is 37.5 Å². The van der Waals surface area contributed by atoms with Gasteiger partial charge in [0.25, 0.3) is 5.95 Å². The molecule has 1 heterocycles. The Kier molecular flexibility index (Phi) is 3.26. The fraction of sp³-hybridized carbons (Fsp3) is 0. The first-order valence-electron chi connectivity index (χ1n) is 4.53. The zero-order chi connectivity index (χ0) is 12.4. The molecule has 2 aromatic rings. The lowest BCUT2D eigenvalue weighted by Crippen LogP contribution is -1.91. The summed E-state index contributed by atoms with van der Waals surface area (Å²) in [4.78, 5) is 10.6. The van der Waals surface area contributed by atoms with Crippen molar-refractivity contribution < 1.29 is 19.1 Å². The van der Waals surface area contributed by atoms with Crippen molar-refractivity contribution in [1.29, 1.82) is 0 Å². The first-order valence-corrected chi connectivity index (χ1v) is 5.28. The number of aromatic carboxylic acids is 1. The highest BCUT2D eigenvalue weighted by Crippen LogP contribution is 2.35. The number of halogens is 2. The highest BCUT2D eigenvalue weighted by atomic mass is 35.5. The Morgan fingerprint density at radius 1 is 1.24 bits per heavy atom. The van der Waals surface area contributed by atoms with E-state index in [1.807, 2.05) is 0 Å². The second-order valence-corrected chi connectivity index (χ2v) is 3.86. The van der Waals surface area contributed by atoms with Gasteiger partial charge in [-0.2, -0.15) is 0 Å². The maximum Gasteiger partial charge on any atom is 0.371 e. The number of hydrogen-bond acceptors (Lipinski definition) is 3. The maximum atomic E-state index is 10.6. The Morgan fingerprint density at radius 3 is 2.65 bits per heavy atom. The van der Waals surface area contributed by atoms with E-state index in [2.05, 4.69) is 0 Å². The fourth-order valence-electron chi connectivity index (χ4n) is 1.16.